The van der Waals surface area contributed by atoms with Gasteiger partial charge in [0.1, 0.15) is 0 Å². The molecule has 1 aliphatic carbocycles. The van der Waals surface area contributed by atoms with E-state index in [1.165, 1.54) is 12.0 Å². The molecule has 11 heteroatoms. The number of carbonyl (C=O) groups is 3. The van der Waals surface area contributed by atoms with Crippen LogP contribution in [0.2, 0.25) is 0 Å². The highest BCUT2D eigenvalue weighted by atomic mass is 16.7. The number of aliphatic hydroxyl groups excluding tert-OH is 1. The minimum absolute atomic E-state index is 0.0835. The van der Waals surface area contributed by atoms with Crippen LogP contribution in [0.1, 0.15) is 44.7 Å². The van der Waals surface area contributed by atoms with E-state index in [2.05, 4.69) is 0 Å². The molecule has 7 unspecified atom stereocenters. The summed E-state index contributed by atoms with van der Waals surface area (Å²) >= 11 is 0. The monoisotopic (exact) mass is 502 g/mol. The van der Waals surface area contributed by atoms with Crippen molar-refractivity contribution in [1.29, 1.82) is 0 Å². The standard InChI is InChI=1S/C25H30N2O9/c1-12(28)23(32)20(31)27-21(2,3)14-11-13-7-5-8-15-17(13)22(18(14)24(27,33)25(23,34)36-22)19(30)26(15)10-6-9-16(29)35-4/h5,7-8,12,14,18,28,32-34H,6,9-11H2,1-4H3. The van der Waals surface area contributed by atoms with Gasteiger partial charge in [0, 0.05) is 24.1 Å². The Balaban J connectivity index is 1.57. The number of nitrogens with zero attached hydrogens (tertiary/aromatic N) is 2. The Morgan fingerprint density at radius 3 is 2.56 bits per heavy atom. The Hall–Kier alpha value is -2.57. The first-order chi connectivity index (χ1) is 16.8. The molecule has 11 nitrogen and oxygen atoms in total. The summed E-state index contributed by atoms with van der Waals surface area (Å²) in [5.41, 5.74) is -6.63. The molecule has 0 bridgehead atoms. The van der Waals surface area contributed by atoms with Crippen LogP contribution >= 0.6 is 0 Å². The van der Waals surface area contributed by atoms with Gasteiger partial charge in [0.05, 0.1) is 24.8 Å². The molecule has 6 rings (SSSR count). The molecule has 4 aliphatic heterocycles. The lowest BCUT2D eigenvalue weighted by Gasteiger charge is -2.42. The van der Waals surface area contributed by atoms with Crippen molar-refractivity contribution >= 4 is 23.5 Å². The number of anilines is 1. The highest BCUT2D eigenvalue weighted by molar-refractivity contribution is 6.09. The maximum atomic E-state index is 14.3. The van der Waals surface area contributed by atoms with Crippen molar-refractivity contribution in [3.8, 4) is 0 Å². The predicted molar refractivity (Wildman–Crippen MR) is 121 cm³/mol. The van der Waals surface area contributed by atoms with E-state index in [-0.39, 0.29) is 13.0 Å². The minimum Gasteiger partial charge on any atom is -0.469 e. The van der Waals surface area contributed by atoms with E-state index in [4.69, 9.17) is 9.47 Å². The first-order valence-electron chi connectivity index (χ1n) is 12.2. The van der Waals surface area contributed by atoms with Gasteiger partial charge in [0.15, 0.2) is 5.60 Å². The number of amides is 2. The van der Waals surface area contributed by atoms with Crippen LogP contribution in [0.4, 0.5) is 5.69 Å². The summed E-state index contributed by atoms with van der Waals surface area (Å²) in [6.07, 6.45) is -1.04. The Morgan fingerprint density at radius 2 is 1.92 bits per heavy atom. The third-order valence-electron chi connectivity index (χ3n) is 9.34. The zero-order valence-electron chi connectivity index (χ0n) is 20.5. The van der Waals surface area contributed by atoms with Crippen molar-refractivity contribution in [2.45, 2.75) is 74.4 Å². The molecule has 1 spiro atoms. The largest absolute Gasteiger partial charge is 0.469 e. The first kappa shape index (κ1) is 23.8. The summed E-state index contributed by atoms with van der Waals surface area (Å²) in [5, 5.41) is 46.3. The Labute approximate surface area is 207 Å². The molecule has 0 aromatic heterocycles. The van der Waals surface area contributed by atoms with Crippen molar-refractivity contribution in [2.24, 2.45) is 11.8 Å². The molecular weight excluding hydrogens is 472 g/mol. The van der Waals surface area contributed by atoms with Gasteiger partial charge in [-0.15, -0.1) is 0 Å². The number of hydrogen-bond donors (Lipinski definition) is 4. The lowest BCUT2D eigenvalue weighted by Crippen LogP contribution is -2.67. The summed E-state index contributed by atoms with van der Waals surface area (Å²) in [6.45, 7) is 4.71. The van der Waals surface area contributed by atoms with E-state index in [0.29, 0.717) is 24.1 Å². The van der Waals surface area contributed by atoms with Crippen molar-refractivity contribution in [3.05, 3.63) is 29.3 Å². The van der Waals surface area contributed by atoms with Crippen LogP contribution in [0.3, 0.4) is 0 Å². The fraction of sp³-hybridized carbons (Fsp3) is 0.640. The Morgan fingerprint density at radius 1 is 1.22 bits per heavy atom. The Bertz CT molecular complexity index is 1230. The molecule has 36 heavy (non-hydrogen) atoms. The van der Waals surface area contributed by atoms with Crippen LogP contribution in [0.25, 0.3) is 0 Å². The molecule has 1 aromatic rings. The maximum Gasteiger partial charge on any atom is 0.305 e. The van der Waals surface area contributed by atoms with Crippen LogP contribution in [-0.4, -0.2) is 85.5 Å². The number of hydrogen-bond acceptors (Lipinski definition) is 9. The first-order valence-corrected chi connectivity index (χ1v) is 12.2. The van der Waals surface area contributed by atoms with Crippen molar-refractivity contribution in [2.75, 3.05) is 18.6 Å². The number of methoxy groups -OCH3 is 1. The summed E-state index contributed by atoms with van der Waals surface area (Å²) < 4.78 is 10.9. The second kappa shape index (κ2) is 6.65. The lowest BCUT2D eigenvalue weighted by atomic mass is 9.61. The van der Waals surface area contributed by atoms with Crippen molar-refractivity contribution in [1.82, 2.24) is 4.90 Å². The van der Waals surface area contributed by atoms with Crippen LogP contribution in [0.5, 0.6) is 0 Å². The second-order valence-electron chi connectivity index (χ2n) is 11.2. The molecule has 3 fully saturated rings. The molecule has 3 saturated heterocycles. The quantitative estimate of drug-likeness (QED) is 0.376. The number of rotatable bonds is 5. The zero-order chi connectivity index (χ0) is 26.2. The number of ether oxygens (including phenoxy) is 2. The van der Waals surface area contributed by atoms with Crippen LogP contribution in [-0.2, 0) is 35.9 Å². The van der Waals surface area contributed by atoms with E-state index in [9.17, 15) is 34.8 Å². The predicted octanol–water partition coefficient (Wildman–Crippen LogP) is -0.876. The van der Waals surface area contributed by atoms with Crippen LogP contribution in [0, 0.1) is 11.8 Å². The van der Waals surface area contributed by atoms with Crippen molar-refractivity contribution in [3.63, 3.8) is 0 Å². The van der Waals surface area contributed by atoms with Crippen LogP contribution < -0.4 is 4.90 Å². The molecule has 5 aliphatic rings. The summed E-state index contributed by atoms with van der Waals surface area (Å²) in [7, 11) is 1.28. The van der Waals surface area contributed by atoms with Gasteiger partial charge in [-0.3, -0.25) is 14.4 Å². The number of esters is 1. The zero-order valence-corrected chi connectivity index (χ0v) is 20.5. The molecule has 4 N–H and O–H groups in total. The average Bonchev–Trinajstić information content (AvgIpc) is 3.32. The molecular formula is C25H30N2O9. The van der Waals surface area contributed by atoms with E-state index in [1.54, 1.807) is 26.0 Å². The molecule has 194 valence electrons. The normalized spacial score (nSPS) is 41.6. The SMILES string of the molecule is COC(=O)CCCN1C(=O)C23OC4(O)C(O)(C(C)O)C(=O)N5C(C)(C)C(Cc6cccc1c62)C3C54O. The number of benzene rings is 1. The van der Waals surface area contributed by atoms with E-state index in [0.717, 1.165) is 17.4 Å². The third-order valence-corrected chi connectivity index (χ3v) is 9.34. The molecule has 7 atom stereocenters. The Kier molecular flexibility index (Phi) is 4.39. The smallest absolute Gasteiger partial charge is 0.305 e. The van der Waals surface area contributed by atoms with E-state index in [1.807, 2.05) is 6.07 Å². The van der Waals surface area contributed by atoms with Crippen LogP contribution in [0.15, 0.2) is 18.2 Å². The highest BCUT2D eigenvalue weighted by Crippen LogP contribution is 2.75. The fourth-order valence-electron chi connectivity index (χ4n) is 7.81. The fourth-order valence-corrected chi connectivity index (χ4v) is 7.81. The molecule has 2 amide bonds. The third kappa shape index (κ3) is 2.11. The van der Waals surface area contributed by atoms with Gasteiger partial charge in [-0.1, -0.05) is 12.1 Å². The van der Waals surface area contributed by atoms with Crippen molar-refractivity contribution < 1.29 is 44.3 Å². The van der Waals surface area contributed by atoms with Gasteiger partial charge in [-0.2, -0.15) is 0 Å². The van der Waals surface area contributed by atoms with Gasteiger partial charge < -0.3 is 39.7 Å². The summed E-state index contributed by atoms with van der Waals surface area (Å²) in [6, 6.07) is 5.39. The lowest BCUT2D eigenvalue weighted by molar-refractivity contribution is -0.346. The summed E-state index contributed by atoms with van der Waals surface area (Å²) in [4.78, 5) is 42.1. The van der Waals surface area contributed by atoms with Gasteiger partial charge in [-0.25, -0.2) is 0 Å². The molecule has 0 radical (unpaired) electrons. The molecule has 4 heterocycles. The van der Waals surface area contributed by atoms with Gasteiger partial charge >= 0.3 is 5.97 Å². The van der Waals surface area contributed by atoms with Gasteiger partial charge in [-0.05, 0) is 51.2 Å². The average molecular weight is 503 g/mol. The minimum atomic E-state index is -2.99. The van der Waals surface area contributed by atoms with E-state index < -0.39 is 64.0 Å². The maximum absolute atomic E-state index is 14.3. The topological polar surface area (TPSA) is 157 Å². The molecule has 1 aromatic carbocycles. The second-order valence-corrected chi connectivity index (χ2v) is 11.2. The summed E-state index contributed by atoms with van der Waals surface area (Å²) in [5.74, 6) is -6.65. The molecule has 0 saturated carbocycles. The van der Waals surface area contributed by atoms with E-state index >= 15 is 0 Å². The van der Waals surface area contributed by atoms with Gasteiger partial charge in [0.25, 0.3) is 17.6 Å². The van der Waals surface area contributed by atoms with Gasteiger partial charge in [0.2, 0.25) is 11.3 Å². The highest BCUT2D eigenvalue weighted by Gasteiger charge is 2.95. The number of aliphatic hydroxyl groups is 4. The number of carbonyl (C=O) groups excluding carboxylic acids is 3.